The van der Waals surface area contributed by atoms with Gasteiger partial charge in [0.15, 0.2) is 8.07 Å². The van der Waals surface area contributed by atoms with E-state index in [1.165, 1.54) is 11.1 Å². The first-order chi connectivity index (χ1) is 25.7. The van der Waals surface area contributed by atoms with Crippen LogP contribution in [-0.4, -0.2) is 56.5 Å². The van der Waals surface area contributed by atoms with Gasteiger partial charge in [-0.25, -0.2) is 0 Å². The average molecular weight is 898 g/mol. The van der Waals surface area contributed by atoms with Gasteiger partial charge in [0.1, 0.15) is 0 Å². The SMILES string of the molecule is CC1=CC(C)([Si](c2c(C)cc([Si](C)(C)C)c(C)c2[Si](C)(C)C)(c2c(C)cc([Si](C)(C)C)c(C)c2[Si](C)(C)C)c2c(C)cc([Si](C)(C)C)c(C)c2[Si](C)(C)C)C(C)=C1C. The molecule has 0 spiro atoms. The third kappa shape index (κ3) is 7.95. The van der Waals surface area contributed by atoms with E-state index >= 15 is 0 Å². The van der Waals surface area contributed by atoms with Crippen molar-refractivity contribution in [2.75, 3.05) is 0 Å². The van der Waals surface area contributed by atoms with Gasteiger partial charge in [0.25, 0.3) is 0 Å². The van der Waals surface area contributed by atoms with Crippen LogP contribution >= 0.6 is 0 Å². The number of allylic oxidation sites excluding steroid dienone is 4. The highest BCUT2D eigenvalue weighted by Crippen LogP contribution is 2.53. The molecule has 320 valence electrons. The maximum absolute atomic E-state index is 3.18. The van der Waals surface area contributed by atoms with Crippen LogP contribution < -0.4 is 46.7 Å². The normalized spacial score (nSPS) is 17.8. The molecule has 3 aromatic rings. The summed E-state index contributed by atoms with van der Waals surface area (Å²) in [5.74, 6) is 0. The second-order valence-electron chi connectivity index (χ2n) is 25.4. The number of benzene rings is 3. The Kier molecular flexibility index (Phi) is 12.9. The lowest BCUT2D eigenvalue weighted by Gasteiger charge is -2.54. The highest BCUT2D eigenvalue weighted by molar-refractivity contribution is 7.21. The van der Waals surface area contributed by atoms with E-state index in [0.29, 0.717) is 0 Å². The summed E-state index contributed by atoms with van der Waals surface area (Å²) in [5.41, 5.74) is 14.3. The van der Waals surface area contributed by atoms with Crippen molar-refractivity contribution in [1.29, 1.82) is 0 Å². The van der Waals surface area contributed by atoms with Crippen LogP contribution in [0.3, 0.4) is 0 Å². The zero-order valence-electron chi connectivity index (χ0n) is 43.3. The van der Waals surface area contributed by atoms with E-state index in [9.17, 15) is 0 Å². The fourth-order valence-corrected chi connectivity index (χ4v) is 37.2. The average Bonchev–Trinajstić information content (AvgIpc) is 3.20. The molecule has 0 aromatic heterocycles. The van der Waals surface area contributed by atoms with Crippen LogP contribution in [0.25, 0.3) is 0 Å². The van der Waals surface area contributed by atoms with Crippen molar-refractivity contribution in [3.63, 3.8) is 0 Å². The summed E-state index contributed by atoms with van der Waals surface area (Å²) >= 11 is 0. The van der Waals surface area contributed by atoms with Crippen LogP contribution in [0.15, 0.2) is 41.0 Å². The third-order valence-corrected chi connectivity index (χ3v) is 34.2. The van der Waals surface area contributed by atoms with E-state index < -0.39 is 56.5 Å². The minimum atomic E-state index is -3.18. The van der Waals surface area contributed by atoms with Crippen LogP contribution in [0.1, 0.15) is 61.1 Å². The molecule has 0 heterocycles. The number of rotatable bonds is 10. The van der Waals surface area contributed by atoms with Gasteiger partial charge in [-0.1, -0.05) is 225 Å². The Balaban J connectivity index is 2.81. The fourth-order valence-electron chi connectivity index (χ4n) is 12.2. The van der Waals surface area contributed by atoms with Gasteiger partial charge in [0, 0.05) is 5.04 Å². The molecular weight excluding hydrogens is 809 g/mol. The first-order valence-corrected chi connectivity index (χ1v) is 45.6. The number of hydrogen-bond donors (Lipinski definition) is 0. The van der Waals surface area contributed by atoms with Gasteiger partial charge in [-0.05, 0) is 83.4 Å². The second-order valence-corrected chi connectivity index (χ2v) is 59.5. The zero-order valence-corrected chi connectivity index (χ0v) is 50.3. The molecule has 0 amide bonds. The molecule has 58 heavy (non-hydrogen) atoms. The van der Waals surface area contributed by atoms with Gasteiger partial charge >= 0.3 is 0 Å². The van der Waals surface area contributed by atoms with Crippen molar-refractivity contribution in [1.82, 2.24) is 0 Å². The summed E-state index contributed by atoms with van der Waals surface area (Å²) in [6, 6.07) is 8.30. The van der Waals surface area contributed by atoms with Crippen LogP contribution in [0.5, 0.6) is 0 Å². The lowest BCUT2D eigenvalue weighted by Crippen LogP contribution is -2.86. The summed E-state index contributed by atoms with van der Waals surface area (Å²) in [6.07, 6.45) is 2.85. The zero-order chi connectivity index (χ0) is 45.2. The Labute approximate surface area is 367 Å². The Hall–Kier alpha value is -1.34. The molecule has 0 nitrogen and oxygen atoms in total. The smallest absolute Gasteiger partial charge is 0.0730 e. The van der Waals surface area contributed by atoms with Crippen molar-refractivity contribution < 1.29 is 0 Å². The monoisotopic (exact) mass is 897 g/mol. The molecule has 3 aromatic carbocycles. The summed E-state index contributed by atoms with van der Waals surface area (Å²) in [4.78, 5) is 0. The van der Waals surface area contributed by atoms with Crippen molar-refractivity contribution in [3.05, 3.63) is 74.4 Å². The second kappa shape index (κ2) is 15.2. The van der Waals surface area contributed by atoms with Crippen molar-refractivity contribution in [2.24, 2.45) is 0 Å². The van der Waals surface area contributed by atoms with Crippen molar-refractivity contribution in [3.8, 4) is 0 Å². The highest BCUT2D eigenvalue weighted by Gasteiger charge is 2.62. The van der Waals surface area contributed by atoms with Gasteiger partial charge in [0.2, 0.25) is 0 Å². The number of hydrogen-bond acceptors (Lipinski definition) is 0. The van der Waals surface area contributed by atoms with Crippen LogP contribution in [-0.2, 0) is 0 Å². The van der Waals surface area contributed by atoms with Gasteiger partial charge in [0.05, 0.1) is 48.4 Å². The molecule has 4 rings (SSSR count). The molecule has 0 N–H and O–H groups in total. The number of aryl methyl sites for hydroxylation is 3. The van der Waals surface area contributed by atoms with Crippen LogP contribution in [0.4, 0.5) is 0 Å². The molecular formula is C51H88Si7. The molecule has 7 heteroatoms. The lowest BCUT2D eigenvalue weighted by molar-refractivity contribution is 0.869. The highest BCUT2D eigenvalue weighted by atomic mass is 28.3. The van der Waals surface area contributed by atoms with E-state index in [1.807, 2.05) is 0 Å². The molecule has 0 bridgehead atoms. The predicted octanol–water partition coefficient (Wildman–Crippen LogP) is 10.3. The first-order valence-electron chi connectivity index (χ1n) is 22.6. The van der Waals surface area contributed by atoms with Gasteiger partial charge in [-0.2, -0.15) is 0 Å². The summed E-state index contributed by atoms with van der Waals surface area (Å²) in [5, 5.41) is 15.7. The Morgan fingerprint density at radius 3 is 0.759 bits per heavy atom. The van der Waals surface area contributed by atoms with E-state index in [0.717, 1.165) is 0 Å². The standard InChI is InChI=1S/C51H88Si7/c1-33-29-42(52(11,12)13)38(6)48(55(20,21)22)45(33)58(51(10)32-36(4)37(5)41(51)9,46-34(2)30-43(53(14,15)16)39(7)49(46)56(23,24)25)47-35(3)31-44(54(17,18)19)40(8)50(47)57(26,27)28/h29-32H,1-28H3. The third-order valence-electron chi connectivity index (χ3n) is 14.4. The van der Waals surface area contributed by atoms with Crippen LogP contribution in [0, 0.1) is 41.5 Å². The van der Waals surface area contributed by atoms with E-state index in [2.05, 4.69) is 211 Å². The molecule has 1 aliphatic carbocycles. The molecule has 0 aliphatic heterocycles. The summed E-state index contributed by atoms with van der Waals surface area (Å²) < 4.78 is 0. The molecule has 0 saturated heterocycles. The predicted molar refractivity (Wildman–Crippen MR) is 291 cm³/mol. The Morgan fingerprint density at radius 2 is 0.586 bits per heavy atom. The molecule has 1 aliphatic rings. The van der Waals surface area contributed by atoms with E-state index in [1.54, 1.807) is 85.6 Å². The van der Waals surface area contributed by atoms with Crippen LogP contribution in [0.2, 0.25) is 123 Å². The Morgan fingerprint density at radius 1 is 0.345 bits per heavy atom. The first kappa shape index (κ1) is 49.3. The van der Waals surface area contributed by atoms with Gasteiger partial charge in [-0.15, -0.1) is 0 Å². The van der Waals surface area contributed by atoms with E-state index in [4.69, 9.17) is 0 Å². The van der Waals surface area contributed by atoms with Crippen molar-refractivity contribution in [2.45, 2.75) is 192 Å². The van der Waals surface area contributed by atoms with E-state index in [-0.39, 0.29) is 5.04 Å². The summed E-state index contributed by atoms with van der Waals surface area (Å²) in [7, 11) is -14.2. The molecule has 0 saturated carbocycles. The fraction of sp³-hybridized carbons (Fsp3) is 0.569. The molecule has 0 fully saturated rings. The topological polar surface area (TPSA) is 0 Å². The van der Waals surface area contributed by atoms with Crippen molar-refractivity contribution >= 4 is 103 Å². The molecule has 0 radical (unpaired) electrons. The maximum atomic E-state index is 2.85. The van der Waals surface area contributed by atoms with Gasteiger partial charge in [-0.3, -0.25) is 0 Å². The minimum absolute atomic E-state index is 0.175. The molecule has 1 atom stereocenters. The maximum Gasteiger partial charge on any atom is 0.162 e. The minimum Gasteiger partial charge on any atom is -0.0730 e. The Bertz CT molecular complexity index is 2010. The quantitative estimate of drug-likeness (QED) is 0.141. The largest absolute Gasteiger partial charge is 0.162 e. The summed E-state index contributed by atoms with van der Waals surface area (Å²) in [6.45, 7) is 73.2. The lowest BCUT2D eigenvalue weighted by atomic mass is 10.0. The van der Waals surface area contributed by atoms with Gasteiger partial charge < -0.3 is 0 Å². The molecule has 1 unspecified atom stereocenters.